The molecular formula is C27H28F6N2O5. The van der Waals surface area contributed by atoms with Gasteiger partial charge >= 0.3 is 18.3 Å². The summed E-state index contributed by atoms with van der Waals surface area (Å²) >= 11 is 0. The summed E-state index contributed by atoms with van der Waals surface area (Å²) in [5.41, 5.74) is -7.25. The lowest BCUT2D eigenvalue weighted by Gasteiger charge is -2.48. The van der Waals surface area contributed by atoms with Crippen LogP contribution in [0.1, 0.15) is 59.7 Å². The molecule has 1 unspecified atom stereocenters. The van der Waals surface area contributed by atoms with Gasteiger partial charge in [0.2, 0.25) is 5.60 Å². The van der Waals surface area contributed by atoms with E-state index in [0.717, 1.165) is 32.4 Å². The normalized spacial score (nSPS) is 16.9. The number of anilines is 1. The Morgan fingerprint density at radius 1 is 1.02 bits per heavy atom. The molecule has 0 saturated heterocycles. The van der Waals surface area contributed by atoms with E-state index in [1.165, 1.54) is 38.3 Å². The van der Waals surface area contributed by atoms with Crippen LogP contribution in [0.3, 0.4) is 0 Å². The smallest absolute Gasteiger partial charge is 0.426 e. The van der Waals surface area contributed by atoms with Gasteiger partial charge in [-0.2, -0.15) is 26.3 Å². The third-order valence-electron chi connectivity index (χ3n) is 7.25. The number of oxime groups is 1. The van der Waals surface area contributed by atoms with E-state index in [9.17, 15) is 41.0 Å². The summed E-state index contributed by atoms with van der Waals surface area (Å²) in [5.74, 6) is -2.59. The molecule has 13 heteroatoms. The molecule has 2 aromatic carbocycles. The van der Waals surface area contributed by atoms with E-state index in [2.05, 4.69) is 5.16 Å². The average Bonchev–Trinajstić information content (AvgIpc) is 2.88. The third-order valence-corrected chi connectivity index (χ3v) is 7.25. The van der Waals surface area contributed by atoms with Crippen molar-refractivity contribution in [1.29, 1.82) is 0 Å². The zero-order chi connectivity index (χ0) is 30.1. The standard InChI is InChI=1S/C27H28F6N2O5/c1-16(34-40-4)19-14-17(10-11-18(19)22(36)39-3)35(2)23(37)25(38,27(31,32)33)15-24(12-7-13-24)20-8-5-6-9-21(20)26(28,29)30/h5-6,8-11,14,38H,7,12-13,15H2,1-4H3. The Kier molecular flexibility index (Phi) is 8.59. The van der Waals surface area contributed by atoms with Gasteiger partial charge in [0.25, 0.3) is 5.91 Å². The number of aliphatic hydroxyl groups is 1. The number of benzene rings is 2. The van der Waals surface area contributed by atoms with Crippen LogP contribution in [0.5, 0.6) is 0 Å². The van der Waals surface area contributed by atoms with E-state index >= 15 is 0 Å². The minimum Gasteiger partial charge on any atom is -0.465 e. The summed E-state index contributed by atoms with van der Waals surface area (Å²) in [6.07, 6.45) is -11.5. The summed E-state index contributed by atoms with van der Waals surface area (Å²) < 4.78 is 89.5. The van der Waals surface area contributed by atoms with Gasteiger partial charge in [-0.1, -0.05) is 29.8 Å². The van der Waals surface area contributed by atoms with Crippen LogP contribution in [0, 0.1) is 0 Å². The number of carbonyl (C=O) groups excluding carboxylic acids is 2. The molecule has 0 spiro atoms. The third kappa shape index (κ3) is 5.65. The van der Waals surface area contributed by atoms with Crippen molar-refractivity contribution >= 4 is 23.3 Å². The first-order chi connectivity index (χ1) is 18.5. The Hall–Kier alpha value is -3.61. The largest absolute Gasteiger partial charge is 0.465 e. The molecule has 0 aromatic heterocycles. The predicted octanol–water partition coefficient (Wildman–Crippen LogP) is 5.63. The highest BCUT2D eigenvalue weighted by molar-refractivity contribution is 6.09. The summed E-state index contributed by atoms with van der Waals surface area (Å²) in [6, 6.07) is 7.82. The maximum Gasteiger partial charge on any atom is 0.426 e. The lowest BCUT2D eigenvalue weighted by Crippen LogP contribution is -2.61. The highest BCUT2D eigenvalue weighted by Gasteiger charge is 2.64. The summed E-state index contributed by atoms with van der Waals surface area (Å²) in [5, 5.41) is 14.8. The molecule has 1 fully saturated rings. The van der Waals surface area contributed by atoms with Gasteiger partial charge in [0.15, 0.2) is 0 Å². The molecule has 0 radical (unpaired) electrons. The molecule has 0 heterocycles. The molecular weight excluding hydrogens is 546 g/mol. The van der Waals surface area contributed by atoms with Gasteiger partial charge in [0.1, 0.15) is 7.11 Å². The van der Waals surface area contributed by atoms with E-state index in [-0.39, 0.29) is 35.4 Å². The second-order valence-electron chi connectivity index (χ2n) is 9.66. The van der Waals surface area contributed by atoms with Crippen molar-refractivity contribution in [2.45, 2.75) is 56.0 Å². The number of rotatable bonds is 8. The Morgan fingerprint density at radius 3 is 2.15 bits per heavy atom. The predicted molar refractivity (Wildman–Crippen MR) is 133 cm³/mol. The van der Waals surface area contributed by atoms with E-state index in [4.69, 9.17) is 9.57 Å². The van der Waals surface area contributed by atoms with Crippen molar-refractivity contribution in [3.05, 3.63) is 64.7 Å². The monoisotopic (exact) mass is 574 g/mol. The quantitative estimate of drug-likeness (QED) is 0.191. The second kappa shape index (κ2) is 11.1. The molecule has 2 aromatic rings. The van der Waals surface area contributed by atoms with Crippen molar-refractivity contribution in [3.63, 3.8) is 0 Å². The van der Waals surface area contributed by atoms with E-state index in [0.29, 0.717) is 11.3 Å². The fourth-order valence-corrected chi connectivity index (χ4v) is 5.03. The van der Waals surface area contributed by atoms with Crippen LogP contribution in [0.4, 0.5) is 32.0 Å². The van der Waals surface area contributed by atoms with Gasteiger partial charge in [-0.25, -0.2) is 4.79 Å². The Morgan fingerprint density at radius 2 is 1.65 bits per heavy atom. The van der Waals surface area contributed by atoms with E-state index in [1.54, 1.807) is 0 Å². The van der Waals surface area contributed by atoms with Crippen LogP contribution in [0.2, 0.25) is 0 Å². The van der Waals surface area contributed by atoms with E-state index in [1.807, 2.05) is 0 Å². The molecule has 1 aliphatic rings. The van der Waals surface area contributed by atoms with Gasteiger partial charge in [0.05, 0.1) is 23.9 Å². The maximum atomic E-state index is 14.5. The fourth-order valence-electron chi connectivity index (χ4n) is 5.03. The van der Waals surface area contributed by atoms with E-state index < -0.39 is 52.8 Å². The lowest BCUT2D eigenvalue weighted by molar-refractivity contribution is -0.258. The molecule has 0 aliphatic heterocycles. The number of carbonyl (C=O) groups is 2. The van der Waals surface area contributed by atoms with Crippen LogP contribution in [-0.2, 0) is 26.0 Å². The first-order valence-corrected chi connectivity index (χ1v) is 12.1. The molecule has 1 amide bonds. The van der Waals surface area contributed by atoms with Gasteiger partial charge in [-0.05, 0) is 55.0 Å². The van der Waals surface area contributed by atoms with Crippen LogP contribution in [0.15, 0.2) is 47.6 Å². The Labute approximate surface area is 226 Å². The van der Waals surface area contributed by atoms with Gasteiger partial charge in [-0.3, -0.25) is 4.79 Å². The molecule has 218 valence electrons. The van der Waals surface area contributed by atoms with Crippen molar-refractivity contribution in [1.82, 2.24) is 0 Å². The molecule has 7 nitrogen and oxygen atoms in total. The number of halogens is 6. The SMILES string of the molecule is CON=C(C)c1cc(N(C)C(=O)C(O)(CC2(c3ccccc3C(F)(F)F)CCC2)C(F)(F)F)ccc1C(=O)OC. The molecule has 1 aliphatic carbocycles. The van der Waals surface area contributed by atoms with Crippen molar-refractivity contribution in [2.75, 3.05) is 26.2 Å². The van der Waals surface area contributed by atoms with Crippen molar-refractivity contribution in [2.24, 2.45) is 5.16 Å². The first-order valence-electron chi connectivity index (χ1n) is 12.1. The van der Waals surface area contributed by atoms with Crippen LogP contribution in [0.25, 0.3) is 0 Å². The zero-order valence-electron chi connectivity index (χ0n) is 22.1. The van der Waals surface area contributed by atoms with Gasteiger partial charge in [-0.15, -0.1) is 0 Å². The van der Waals surface area contributed by atoms with Crippen LogP contribution < -0.4 is 4.90 Å². The highest BCUT2D eigenvalue weighted by Crippen LogP contribution is 2.54. The number of hydrogen-bond donors (Lipinski definition) is 1. The molecule has 1 N–H and O–H groups in total. The number of hydrogen-bond acceptors (Lipinski definition) is 6. The molecule has 0 bridgehead atoms. The number of likely N-dealkylation sites (N-methyl/N-ethyl adjacent to an activating group) is 1. The number of alkyl halides is 6. The van der Waals surface area contributed by atoms with Gasteiger partial charge < -0.3 is 19.6 Å². The second-order valence-corrected chi connectivity index (χ2v) is 9.66. The van der Waals surface area contributed by atoms with Crippen LogP contribution in [-0.4, -0.2) is 55.7 Å². The summed E-state index contributed by atoms with van der Waals surface area (Å²) in [7, 11) is 3.34. The minimum absolute atomic E-state index is 0.0198. The molecule has 1 saturated carbocycles. The fraction of sp³-hybridized carbons (Fsp3) is 0.444. The summed E-state index contributed by atoms with van der Waals surface area (Å²) in [4.78, 5) is 30.9. The topological polar surface area (TPSA) is 88.4 Å². The van der Waals surface area contributed by atoms with Crippen LogP contribution >= 0.6 is 0 Å². The van der Waals surface area contributed by atoms with Gasteiger partial charge in [0, 0.05) is 24.7 Å². The maximum absolute atomic E-state index is 14.5. The zero-order valence-corrected chi connectivity index (χ0v) is 22.1. The Bertz CT molecular complexity index is 1300. The number of esters is 1. The average molecular weight is 575 g/mol. The first kappa shape index (κ1) is 30.9. The number of amides is 1. The Balaban J connectivity index is 2.10. The molecule has 1 atom stereocenters. The van der Waals surface area contributed by atoms with Crippen molar-refractivity contribution < 1.29 is 50.6 Å². The number of nitrogens with zero attached hydrogens (tertiary/aromatic N) is 2. The number of methoxy groups -OCH3 is 1. The molecule has 40 heavy (non-hydrogen) atoms. The molecule has 3 rings (SSSR count). The lowest BCUT2D eigenvalue weighted by atomic mass is 9.58. The van der Waals surface area contributed by atoms with Crippen molar-refractivity contribution in [3.8, 4) is 0 Å². The summed E-state index contributed by atoms with van der Waals surface area (Å²) in [6.45, 7) is 1.45. The highest BCUT2D eigenvalue weighted by atomic mass is 19.4. The number of ether oxygens (including phenoxy) is 1. The minimum atomic E-state index is -5.53.